The number of ether oxygens (including phenoxy) is 1. The number of aryl methyl sites for hydroxylation is 1. The van der Waals surface area contributed by atoms with Gasteiger partial charge in [-0.05, 0) is 24.3 Å². The molecule has 0 bridgehead atoms. The number of halogens is 1. The average molecular weight is 379 g/mol. The molecule has 1 unspecified atom stereocenters. The summed E-state index contributed by atoms with van der Waals surface area (Å²) < 4.78 is 10.6. The Morgan fingerprint density at radius 2 is 2.12 bits per heavy atom. The molecule has 1 aliphatic heterocycles. The van der Waals surface area contributed by atoms with Gasteiger partial charge in [-0.1, -0.05) is 16.8 Å². The van der Waals surface area contributed by atoms with E-state index in [0.29, 0.717) is 36.3 Å². The molecular formula is C17H19ClN4O4. The molecule has 8 nitrogen and oxygen atoms in total. The Morgan fingerprint density at radius 3 is 2.85 bits per heavy atom. The van der Waals surface area contributed by atoms with E-state index in [1.807, 2.05) is 0 Å². The largest absolute Gasteiger partial charge is 0.365 e. The standard InChI is InChI=1S/C17H19ClN4O4/c1-19-17(24)13-10-22(8-9-25-13)15(23)7-6-14-20-16(21-26-14)11-2-4-12(18)5-3-11/h2-5,13H,6-10H2,1H3,(H,19,24). The zero-order valence-corrected chi connectivity index (χ0v) is 15.0. The highest BCUT2D eigenvalue weighted by Gasteiger charge is 2.28. The Hall–Kier alpha value is -2.45. The second kappa shape index (κ2) is 8.29. The van der Waals surface area contributed by atoms with Crippen molar-refractivity contribution in [3.63, 3.8) is 0 Å². The van der Waals surface area contributed by atoms with Crippen molar-refractivity contribution in [2.45, 2.75) is 18.9 Å². The second-order valence-corrected chi connectivity index (χ2v) is 6.27. The number of aromatic nitrogens is 2. The summed E-state index contributed by atoms with van der Waals surface area (Å²) >= 11 is 5.86. The molecule has 1 aromatic carbocycles. The predicted octanol–water partition coefficient (Wildman–Crippen LogP) is 1.30. The lowest BCUT2D eigenvalue weighted by Gasteiger charge is -2.31. The van der Waals surface area contributed by atoms with E-state index in [4.69, 9.17) is 20.9 Å². The lowest BCUT2D eigenvalue weighted by atomic mass is 10.2. The van der Waals surface area contributed by atoms with Crippen LogP contribution in [-0.4, -0.2) is 59.7 Å². The number of hydrogen-bond donors (Lipinski definition) is 1. The number of amides is 2. The van der Waals surface area contributed by atoms with Crippen LogP contribution in [0.5, 0.6) is 0 Å². The summed E-state index contributed by atoms with van der Waals surface area (Å²) in [5, 5.41) is 7.08. The number of nitrogens with one attached hydrogen (secondary N) is 1. The molecule has 1 aliphatic rings. The molecule has 1 fully saturated rings. The van der Waals surface area contributed by atoms with Crippen molar-refractivity contribution in [2.75, 3.05) is 26.7 Å². The normalized spacial score (nSPS) is 17.2. The molecule has 0 aliphatic carbocycles. The van der Waals surface area contributed by atoms with Gasteiger partial charge in [-0.3, -0.25) is 9.59 Å². The van der Waals surface area contributed by atoms with Gasteiger partial charge in [0, 0.05) is 37.0 Å². The monoisotopic (exact) mass is 378 g/mol. The molecule has 0 spiro atoms. The maximum absolute atomic E-state index is 12.4. The summed E-state index contributed by atoms with van der Waals surface area (Å²) in [4.78, 5) is 30.0. The van der Waals surface area contributed by atoms with Crippen LogP contribution in [0, 0.1) is 0 Å². The molecule has 0 saturated carbocycles. The van der Waals surface area contributed by atoms with Gasteiger partial charge in [0.1, 0.15) is 0 Å². The highest BCUT2D eigenvalue weighted by molar-refractivity contribution is 6.30. The molecule has 2 heterocycles. The van der Waals surface area contributed by atoms with Crippen LogP contribution in [-0.2, 0) is 20.7 Å². The van der Waals surface area contributed by atoms with Gasteiger partial charge in [0.2, 0.25) is 17.6 Å². The molecule has 1 aromatic heterocycles. The van der Waals surface area contributed by atoms with Gasteiger partial charge in [0.05, 0.1) is 13.2 Å². The fourth-order valence-corrected chi connectivity index (χ4v) is 2.77. The Kier molecular flexibility index (Phi) is 5.85. The third kappa shape index (κ3) is 4.39. The third-order valence-corrected chi connectivity index (χ3v) is 4.33. The SMILES string of the molecule is CNC(=O)C1CN(C(=O)CCc2nc(-c3ccc(Cl)cc3)no2)CCO1. The topological polar surface area (TPSA) is 97.6 Å². The number of benzene rings is 1. The van der Waals surface area contributed by atoms with Crippen molar-refractivity contribution < 1.29 is 18.8 Å². The van der Waals surface area contributed by atoms with Gasteiger partial charge in [-0.2, -0.15) is 4.98 Å². The van der Waals surface area contributed by atoms with Gasteiger partial charge in [-0.25, -0.2) is 0 Å². The Balaban J connectivity index is 1.55. The highest BCUT2D eigenvalue weighted by atomic mass is 35.5. The minimum absolute atomic E-state index is 0.0755. The number of carbonyl (C=O) groups excluding carboxylic acids is 2. The maximum atomic E-state index is 12.4. The van der Waals surface area contributed by atoms with Crippen molar-refractivity contribution in [1.82, 2.24) is 20.4 Å². The first-order valence-corrected chi connectivity index (χ1v) is 8.64. The van der Waals surface area contributed by atoms with E-state index in [-0.39, 0.29) is 24.8 Å². The van der Waals surface area contributed by atoms with E-state index in [1.54, 1.807) is 36.2 Å². The molecule has 2 aromatic rings. The molecule has 1 saturated heterocycles. The summed E-state index contributed by atoms with van der Waals surface area (Å²) in [5.74, 6) is 0.537. The van der Waals surface area contributed by atoms with Gasteiger partial charge < -0.3 is 19.5 Å². The molecule has 26 heavy (non-hydrogen) atoms. The Morgan fingerprint density at radius 1 is 1.35 bits per heavy atom. The fraction of sp³-hybridized carbons (Fsp3) is 0.412. The highest BCUT2D eigenvalue weighted by Crippen LogP contribution is 2.19. The average Bonchev–Trinajstić information content (AvgIpc) is 3.15. The van der Waals surface area contributed by atoms with Crippen LogP contribution in [0.3, 0.4) is 0 Å². The summed E-state index contributed by atoms with van der Waals surface area (Å²) in [6.45, 7) is 1.05. The third-order valence-electron chi connectivity index (χ3n) is 4.08. The number of morpholine rings is 1. The van der Waals surface area contributed by atoms with Gasteiger partial charge in [-0.15, -0.1) is 0 Å². The molecule has 1 N–H and O–H groups in total. The number of likely N-dealkylation sites (N-methyl/N-ethyl adjacent to an activating group) is 1. The van der Waals surface area contributed by atoms with Gasteiger partial charge >= 0.3 is 0 Å². The zero-order chi connectivity index (χ0) is 18.5. The van der Waals surface area contributed by atoms with E-state index in [1.165, 1.54) is 0 Å². The van der Waals surface area contributed by atoms with Crippen molar-refractivity contribution in [3.05, 3.63) is 35.2 Å². The van der Waals surface area contributed by atoms with Crippen LogP contribution < -0.4 is 5.32 Å². The van der Waals surface area contributed by atoms with Crippen LogP contribution in [0.15, 0.2) is 28.8 Å². The van der Waals surface area contributed by atoms with Crippen molar-refractivity contribution in [2.24, 2.45) is 0 Å². The zero-order valence-electron chi connectivity index (χ0n) is 14.3. The van der Waals surface area contributed by atoms with Crippen LogP contribution in [0.25, 0.3) is 11.4 Å². The van der Waals surface area contributed by atoms with Gasteiger partial charge in [0.25, 0.3) is 5.91 Å². The van der Waals surface area contributed by atoms with Crippen LogP contribution in [0.1, 0.15) is 12.3 Å². The lowest BCUT2D eigenvalue weighted by Crippen LogP contribution is -2.51. The van der Waals surface area contributed by atoms with Crippen molar-refractivity contribution >= 4 is 23.4 Å². The molecular weight excluding hydrogens is 360 g/mol. The molecule has 2 amide bonds. The first-order chi connectivity index (χ1) is 12.6. The quantitative estimate of drug-likeness (QED) is 0.842. The fourth-order valence-electron chi connectivity index (χ4n) is 2.64. The van der Waals surface area contributed by atoms with Crippen LogP contribution >= 0.6 is 11.6 Å². The minimum Gasteiger partial charge on any atom is -0.365 e. The summed E-state index contributed by atoms with van der Waals surface area (Å²) in [6.07, 6.45) is -0.0676. The predicted molar refractivity (Wildman–Crippen MR) is 93.5 cm³/mol. The van der Waals surface area contributed by atoms with E-state index >= 15 is 0 Å². The van der Waals surface area contributed by atoms with E-state index in [0.717, 1.165) is 5.56 Å². The summed E-state index contributed by atoms with van der Waals surface area (Å²) in [5.41, 5.74) is 0.789. The van der Waals surface area contributed by atoms with E-state index in [2.05, 4.69) is 15.5 Å². The van der Waals surface area contributed by atoms with Crippen LogP contribution in [0.4, 0.5) is 0 Å². The number of nitrogens with zero attached hydrogens (tertiary/aromatic N) is 3. The minimum atomic E-state index is -0.627. The Bertz CT molecular complexity index is 777. The molecule has 1 atom stereocenters. The second-order valence-electron chi connectivity index (χ2n) is 5.83. The number of carbonyl (C=O) groups is 2. The van der Waals surface area contributed by atoms with Crippen LogP contribution in [0.2, 0.25) is 5.02 Å². The first-order valence-electron chi connectivity index (χ1n) is 8.26. The maximum Gasteiger partial charge on any atom is 0.250 e. The van der Waals surface area contributed by atoms with Crippen molar-refractivity contribution in [1.29, 1.82) is 0 Å². The van der Waals surface area contributed by atoms with Gasteiger partial charge in [0.15, 0.2) is 6.10 Å². The number of hydrogen-bond acceptors (Lipinski definition) is 6. The molecule has 0 radical (unpaired) electrons. The molecule has 138 valence electrons. The number of rotatable bonds is 5. The molecule has 3 rings (SSSR count). The smallest absolute Gasteiger partial charge is 0.250 e. The first kappa shape index (κ1) is 18.3. The lowest BCUT2D eigenvalue weighted by molar-refractivity contribution is -0.146. The van der Waals surface area contributed by atoms with E-state index < -0.39 is 6.10 Å². The van der Waals surface area contributed by atoms with Crippen molar-refractivity contribution in [3.8, 4) is 11.4 Å². The summed E-state index contributed by atoms with van der Waals surface area (Å²) in [6, 6.07) is 7.10. The van der Waals surface area contributed by atoms with E-state index in [9.17, 15) is 9.59 Å². The summed E-state index contributed by atoms with van der Waals surface area (Å²) in [7, 11) is 1.54. The molecule has 9 heteroatoms. The Labute approximate surface area is 155 Å².